The molecule has 0 amide bonds. The first-order chi connectivity index (χ1) is 18.0. The number of thiophene rings is 1. The molecule has 40 heavy (non-hydrogen) atoms. The van der Waals surface area contributed by atoms with Crippen LogP contribution in [0, 0.1) is 6.08 Å². The zero-order chi connectivity index (χ0) is 27.3. The predicted octanol–water partition coefficient (Wildman–Crippen LogP) is 4.88. The molecule has 4 heteroatoms. The Balaban J connectivity index is 0.000000245. The number of fused-ring (bicyclic) bond motifs is 3. The van der Waals surface area contributed by atoms with Crippen LogP contribution in [0.3, 0.4) is 0 Å². The fraction of sp³-hybridized carbons (Fsp3) is 0.389. The van der Waals surface area contributed by atoms with E-state index in [-0.39, 0.29) is 35.6 Å². The number of hydrogen-bond acceptors (Lipinski definition) is 1. The summed E-state index contributed by atoms with van der Waals surface area (Å²) in [5.74, 6) is 0. The van der Waals surface area contributed by atoms with Gasteiger partial charge in [0.2, 0.25) is 0 Å². The van der Waals surface area contributed by atoms with Crippen molar-refractivity contribution in [2.24, 2.45) is 0 Å². The van der Waals surface area contributed by atoms with E-state index in [9.17, 15) is 0 Å². The van der Waals surface area contributed by atoms with Crippen molar-refractivity contribution in [1.82, 2.24) is 0 Å². The van der Waals surface area contributed by atoms with Crippen LogP contribution in [-0.4, -0.2) is 3.21 Å². The minimum absolute atomic E-state index is 0. The van der Waals surface area contributed by atoms with E-state index in [1.165, 1.54) is 75.9 Å². The Labute approximate surface area is 273 Å². The number of rotatable bonds is 1. The van der Waals surface area contributed by atoms with Gasteiger partial charge in [0.05, 0.1) is 0 Å². The number of hydrogen-bond donors (Lipinski definition) is 0. The predicted molar refractivity (Wildman–Crippen MR) is 167 cm³/mol. The second kappa shape index (κ2) is 15.3. The standard InChI is InChI=1S/C21H25.C9H7S.C6H10.2ClH.Zr/c1-20(2,3)16-9-7-14-11-15-8-10-17(21(4,5)6)13-19(15)18(14)12-16;1-2-4-8(3-1)9-5-6-10-7-9;1-2-4-6-5-3-1;;;/h7-13H,1-6H3;1,3,5-7H,2H2;1-5H2;2*1H;/q2*-1;;;;+2/p-2. The van der Waals surface area contributed by atoms with Gasteiger partial charge >= 0.3 is 59.5 Å². The molecule has 0 spiro atoms. The molecule has 0 nitrogen and oxygen atoms in total. The zero-order valence-electron chi connectivity index (χ0n) is 24.8. The molecule has 1 fully saturated rings. The van der Waals surface area contributed by atoms with Crippen LogP contribution in [0.25, 0.3) is 27.1 Å². The van der Waals surface area contributed by atoms with Gasteiger partial charge in [0.15, 0.2) is 0 Å². The van der Waals surface area contributed by atoms with Crippen molar-refractivity contribution in [2.45, 2.75) is 90.9 Å². The Morgan fingerprint density at radius 3 is 1.70 bits per heavy atom. The van der Waals surface area contributed by atoms with Gasteiger partial charge in [0.1, 0.15) is 0 Å². The molecular weight excluding hydrogens is 627 g/mol. The molecular formula is C36H42Cl2SZr-2. The van der Waals surface area contributed by atoms with Crippen LogP contribution < -0.4 is 24.8 Å². The quantitative estimate of drug-likeness (QED) is 0.254. The second-order valence-corrected chi connectivity index (χ2v) is 15.1. The third-order valence-electron chi connectivity index (χ3n) is 7.42. The van der Waals surface area contributed by atoms with Gasteiger partial charge in [-0.1, -0.05) is 94.8 Å². The molecule has 4 aromatic rings. The summed E-state index contributed by atoms with van der Waals surface area (Å²) in [5, 5.41) is 9.73. The van der Waals surface area contributed by atoms with Crippen molar-refractivity contribution in [1.29, 1.82) is 0 Å². The molecule has 1 heterocycles. The van der Waals surface area contributed by atoms with Crippen LogP contribution in [-0.2, 0) is 35.1 Å². The average Bonchev–Trinajstić information content (AvgIpc) is 3.64. The molecule has 0 unspecified atom stereocenters. The fourth-order valence-corrected chi connectivity index (χ4v) is 6.46. The molecule has 0 saturated heterocycles. The van der Waals surface area contributed by atoms with Gasteiger partial charge in [-0.25, -0.2) is 0 Å². The SMILES string of the molecule is CC(C)(C)c1ccc2[cH-]c3ccc(C(C)(C)C)cc3c2c1.[C-]1=C(c2ccsc2)C=CC1.[Cl-].[Cl-].[Zr+2]=[C]1CCCCC1. The molecule has 1 saturated carbocycles. The van der Waals surface area contributed by atoms with E-state index in [0.29, 0.717) is 0 Å². The van der Waals surface area contributed by atoms with Crippen molar-refractivity contribution in [3.05, 3.63) is 94.2 Å². The van der Waals surface area contributed by atoms with Gasteiger partial charge in [-0.2, -0.15) is 29.1 Å². The summed E-state index contributed by atoms with van der Waals surface area (Å²) in [7, 11) is 0. The van der Waals surface area contributed by atoms with E-state index >= 15 is 0 Å². The van der Waals surface area contributed by atoms with Gasteiger partial charge in [-0.15, -0.1) is 51.4 Å². The van der Waals surface area contributed by atoms with Crippen LogP contribution in [0.2, 0.25) is 0 Å². The van der Waals surface area contributed by atoms with E-state index in [1.54, 1.807) is 38.8 Å². The van der Waals surface area contributed by atoms with Gasteiger partial charge in [0, 0.05) is 0 Å². The molecule has 6 rings (SSSR count). The van der Waals surface area contributed by atoms with Crippen molar-refractivity contribution < 1.29 is 49.0 Å². The third kappa shape index (κ3) is 9.42. The van der Waals surface area contributed by atoms with Gasteiger partial charge < -0.3 is 24.8 Å². The maximum absolute atomic E-state index is 3.27. The third-order valence-corrected chi connectivity index (χ3v) is 9.34. The minimum atomic E-state index is 0. The number of benzene rings is 2. The summed E-state index contributed by atoms with van der Waals surface area (Å²) in [5.41, 5.74) is 5.76. The Morgan fingerprint density at radius 2 is 1.32 bits per heavy atom. The molecule has 0 radical (unpaired) electrons. The van der Waals surface area contributed by atoms with E-state index in [2.05, 4.69) is 119 Å². The van der Waals surface area contributed by atoms with Crippen molar-refractivity contribution in [2.75, 3.05) is 0 Å². The van der Waals surface area contributed by atoms with Crippen LogP contribution in [0.15, 0.2) is 71.4 Å². The normalized spacial score (nSPS) is 14.9. The number of allylic oxidation sites excluding steroid dienone is 4. The van der Waals surface area contributed by atoms with E-state index in [0.717, 1.165) is 6.42 Å². The van der Waals surface area contributed by atoms with Crippen molar-refractivity contribution in [3.63, 3.8) is 0 Å². The van der Waals surface area contributed by atoms with Crippen molar-refractivity contribution >= 4 is 41.7 Å². The summed E-state index contributed by atoms with van der Waals surface area (Å²) >= 11 is 3.42. The van der Waals surface area contributed by atoms with Crippen LogP contribution in [0.1, 0.15) is 96.8 Å². The molecule has 212 valence electrons. The fourth-order valence-electron chi connectivity index (χ4n) is 4.93. The molecule has 2 aliphatic rings. The Kier molecular flexibility index (Phi) is 13.4. The van der Waals surface area contributed by atoms with Gasteiger partial charge in [-0.3, -0.25) is 0 Å². The second-order valence-electron chi connectivity index (χ2n) is 12.6. The van der Waals surface area contributed by atoms with Crippen LogP contribution >= 0.6 is 11.3 Å². The van der Waals surface area contributed by atoms with Gasteiger partial charge in [-0.05, 0) is 16.2 Å². The molecule has 0 atom stereocenters. The Hall–Kier alpha value is -1.18. The molecule has 2 aliphatic carbocycles. The van der Waals surface area contributed by atoms with Crippen molar-refractivity contribution in [3.8, 4) is 0 Å². The first-order valence-electron chi connectivity index (χ1n) is 14.0. The summed E-state index contributed by atoms with van der Waals surface area (Å²) in [6, 6.07) is 18.3. The van der Waals surface area contributed by atoms with E-state index in [4.69, 9.17) is 0 Å². The zero-order valence-corrected chi connectivity index (χ0v) is 29.6. The van der Waals surface area contributed by atoms with Crippen LogP contribution in [0.5, 0.6) is 0 Å². The molecule has 0 bridgehead atoms. The molecule has 3 aromatic carbocycles. The van der Waals surface area contributed by atoms with E-state index < -0.39 is 0 Å². The van der Waals surface area contributed by atoms with E-state index in [1.807, 2.05) is 0 Å². The average molecular weight is 669 g/mol. The summed E-state index contributed by atoms with van der Waals surface area (Å²) in [4.78, 5) is 0. The van der Waals surface area contributed by atoms with Crippen LogP contribution in [0.4, 0.5) is 0 Å². The molecule has 0 aliphatic heterocycles. The first-order valence-corrected chi connectivity index (χ1v) is 16.2. The summed E-state index contributed by atoms with van der Waals surface area (Å²) in [6.07, 6.45) is 15.8. The maximum atomic E-state index is 3.27. The summed E-state index contributed by atoms with van der Waals surface area (Å²) in [6.45, 7) is 13.7. The monoisotopic (exact) mass is 666 g/mol. The molecule has 0 N–H and O–H groups in total. The number of halogens is 2. The first kappa shape index (κ1) is 35.0. The summed E-state index contributed by atoms with van der Waals surface area (Å²) < 4.78 is 1.80. The Morgan fingerprint density at radius 1 is 0.775 bits per heavy atom. The van der Waals surface area contributed by atoms with Gasteiger partial charge in [0.25, 0.3) is 0 Å². The molecule has 1 aromatic heterocycles. The topological polar surface area (TPSA) is 0 Å². The Bertz CT molecular complexity index is 1360.